The van der Waals surface area contributed by atoms with Gasteiger partial charge in [0.15, 0.2) is 0 Å². The van der Waals surface area contributed by atoms with Crippen LogP contribution in [0.15, 0.2) is 18.2 Å². The first-order valence-electron chi connectivity index (χ1n) is 6.69. The second-order valence-electron chi connectivity index (χ2n) is 5.51. The summed E-state index contributed by atoms with van der Waals surface area (Å²) >= 11 is 6.09. The predicted molar refractivity (Wildman–Crippen MR) is 72.9 cm³/mol. The second-order valence-corrected chi connectivity index (χ2v) is 5.95. The van der Waals surface area contributed by atoms with E-state index in [9.17, 15) is 4.79 Å². The molecule has 0 spiro atoms. The molecule has 0 radical (unpaired) electrons. The molecule has 1 fully saturated rings. The van der Waals surface area contributed by atoms with Crippen LogP contribution in [0.3, 0.4) is 0 Å². The molecule has 1 aliphatic heterocycles. The number of hydrogen-bond acceptors (Lipinski definition) is 1. The van der Waals surface area contributed by atoms with E-state index >= 15 is 0 Å². The molecule has 1 amide bonds. The van der Waals surface area contributed by atoms with Crippen molar-refractivity contribution in [1.29, 1.82) is 0 Å². The van der Waals surface area contributed by atoms with E-state index in [0.29, 0.717) is 24.3 Å². The zero-order valence-corrected chi connectivity index (χ0v) is 11.4. The third kappa shape index (κ3) is 2.03. The van der Waals surface area contributed by atoms with Crippen LogP contribution in [0.4, 0.5) is 0 Å². The van der Waals surface area contributed by atoms with Crippen LogP contribution in [0.2, 0.25) is 5.02 Å². The van der Waals surface area contributed by atoms with Crippen LogP contribution < -0.4 is 0 Å². The van der Waals surface area contributed by atoms with Gasteiger partial charge in [0, 0.05) is 24.5 Å². The van der Waals surface area contributed by atoms with Gasteiger partial charge in [-0.2, -0.15) is 0 Å². The summed E-state index contributed by atoms with van der Waals surface area (Å²) in [6.07, 6.45) is 4.87. The second kappa shape index (κ2) is 4.58. The van der Waals surface area contributed by atoms with Crippen LogP contribution in [0.5, 0.6) is 0 Å². The first kappa shape index (κ1) is 12.0. The van der Waals surface area contributed by atoms with Crippen molar-refractivity contribution < 1.29 is 4.79 Å². The molecule has 3 rings (SSSR count). The lowest BCUT2D eigenvalue weighted by atomic mass is 9.89. The Hall–Kier alpha value is -1.02. The number of halogens is 1. The molecule has 1 aromatic rings. The number of aryl methyl sites for hydroxylation is 1. The number of carbonyl (C=O) groups is 1. The molecule has 3 heteroatoms. The highest BCUT2D eigenvalue weighted by molar-refractivity contribution is 6.30. The highest BCUT2D eigenvalue weighted by Crippen LogP contribution is 2.38. The van der Waals surface area contributed by atoms with Gasteiger partial charge >= 0.3 is 0 Å². The van der Waals surface area contributed by atoms with E-state index in [2.05, 4.69) is 12.1 Å². The number of likely N-dealkylation sites (tertiary alicyclic amines) is 1. The fourth-order valence-electron chi connectivity index (χ4n) is 3.39. The summed E-state index contributed by atoms with van der Waals surface area (Å²) in [4.78, 5) is 13.9. The molecule has 2 atom stereocenters. The monoisotopic (exact) mass is 263 g/mol. The molecular formula is C15H18ClNO. The minimum Gasteiger partial charge on any atom is -0.343 e. The molecule has 1 aliphatic carbocycles. The van der Waals surface area contributed by atoms with Gasteiger partial charge in [0.1, 0.15) is 0 Å². The fourth-order valence-corrected chi connectivity index (χ4v) is 3.58. The Morgan fingerprint density at radius 1 is 1.28 bits per heavy atom. The maximum atomic E-state index is 11.9. The number of nitrogens with zero attached hydrogens (tertiary/aromatic N) is 1. The van der Waals surface area contributed by atoms with Gasteiger partial charge in [-0.25, -0.2) is 0 Å². The van der Waals surface area contributed by atoms with Gasteiger partial charge in [0.2, 0.25) is 5.91 Å². The van der Waals surface area contributed by atoms with E-state index in [1.54, 1.807) is 0 Å². The summed E-state index contributed by atoms with van der Waals surface area (Å²) < 4.78 is 0. The molecular weight excluding hydrogens is 246 g/mol. The molecule has 18 heavy (non-hydrogen) atoms. The molecule has 1 aromatic carbocycles. The van der Waals surface area contributed by atoms with Crippen molar-refractivity contribution in [2.45, 2.75) is 44.1 Å². The van der Waals surface area contributed by atoms with Crippen LogP contribution in [-0.2, 0) is 11.2 Å². The Morgan fingerprint density at radius 2 is 2.11 bits per heavy atom. The number of amides is 1. The van der Waals surface area contributed by atoms with E-state index in [1.807, 2.05) is 18.0 Å². The molecule has 1 saturated heterocycles. The van der Waals surface area contributed by atoms with Crippen LogP contribution in [0.25, 0.3) is 0 Å². The SMILES string of the molecule is CN1C(=O)CC[C@@H]2C[C@H]1CCc1cc(Cl)ccc12. The van der Waals surface area contributed by atoms with Gasteiger partial charge in [-0.05, 0) is 54.9 Å². The maximum Gasteiger partial charge on any atom is 0.222 e. The number of fused-ring (bicyclic) bond motifs is 4. The third-order valence-corrected chi connectivity index (χ3v) is 4.73. The predicted octanol–water partition coefficient (Wildman–Crippen LogP) is 3.38. The smallest absolute Gasteiger partial charge is 0.222 e. The van der Waals surface area contributed by atoms with Crippen molar-refractivity contribution in [3.63, 3.8) is 0 Å². The minimum absolute atomic E-state index is 0.305. The topological polar surface area (TPSA) is 20.3 Å². The Balaban J connectivity index is 1.99. The Morgan fingerprint density at radius 3 is 2.94 bits per heavy atom. The van der Waals surface area contributed by atoms with Gasteiger partial charge < -0.3 is 4.90 Å². The molecule has 2 bridgehead atoms. The van der Waals surface area contributed by atoms with Crippen molar-refractivity contribution in [3.05, 3.63) is 34.3 Å². The number of rotatable bonds is 0. The molecule has 96 valence electrons. The summed E-state index contributed by atoms with van der Waals surface area (Å²) in [5, 5.41) is 0.826. The Bertz CT molecular complexity index is 485. The minimum atomic E-state index is 0.305. The van der Waals surface area contributed by atoms with Crippen LogP contribution in [0.1, 0.15) is 42.7 Å². The normalized spacial score (nSPS) is 27.4. The lowest BCUT2D eigenvalue weighted by Gasteiger charge is -2.25. The molecule has 1 heterocycles. The fraction of sp³-hybridized carbons (Fsp3) is 0.533. The zero-order chi connectivity index (χ0) is 12.7. The van der Waals surface area contributed by atoms with Gasteiger partial charge in [0.25, 0.3) is 0 Å². The van der Waals surface area contributed by atoms with Crippen LogP contribution in [0, 0.1) is 0 Å². The lowest BCUT2D eigenvalue weighted by Crippen LogP contribution is -2.35. The average molecular weight is 264 g/mol. The van der Waals surface area contributed by atoms with Crippen molar-refractivity contribution in [3.8, 4) is 0 Å². The van der Waals surface area contributed by atoms with Crippen LogP contribution >= 0.6 is 11.6 Å². The quantitative estimate of drug-likeness (QED) is 0.703. The van der Waals surface area contributed by atoms with E-state index < -0.39 is 0 Å². The standard InChI is InChI=1S/C15H18ClNO/c1-17-13-5-2-10-8-12(16)4-6-14(10)11(9-13)3-7-15(17)18/h4,6,8,11,13H,2-3,5,7,9H2,1H3/t11-,13-/m1/s1. The largest absolute Gasteiger partial charge is 0.343 e. The van der Waals surface area contributed by atoms with Gasteiger partial charge in [-0.3, -0.25) is 4.79 Å². The average Bonchev–Trinajstić information content (AvgIpc) is 2.61. The maximum absolute atomic E-state index is 11.9. The highest BCUT2D eigenvalue weighted by atomic mass is 35.5. The molecule has 0 N–H and O–H groups in total. The molecule has 0 aromatic heterocycles. The number of carbonyl (C=O) groups excluding carboxylic acids is 1. The summed E-state index contributed by atoms with van der Waals surface area (Å²) in [5.74, 6) is 0.832. The summed E-state index contributed by atoms with van der Waals surface area (Å²) in [6, 6.07) is 6.66. The van der Waals surface area contributed by atoms with Gasteiger partial charge in [0.05, 0.1) is 0 Å². The third-order valence-electron chi connectivity index (χ3n) is 4.50. The lowest BCUT2D eigenvalue weighted by molar-refractivity contribution is -0.131. The Labute approximate surface area is 113 Å². The number of benzene rings is 1. The highest BCUT2D eigenvalue weighted by Gasteiger charge is 2.32. The van der Waals surface area contributed by atoms with Crippen molar-refractivity contribution in [2.75, 3.05) is 7.05 Å². The van der Waals surface area contributed by atoms with Crippen molar-refractivity contribution >= 4 is 17.5 Å². The molecule has 0 saturated carbocycles. The van der Waals surface area contributed by atoms with Crippen molar-refractivity contribution in [2.24, 2.45) is 0 Å². The van der Waals surface area contributed by atoms with Crippen LogP contribution in [-0.4, -0.2) is 23.9 Å². The first-order valence-corrected chi connectivity index (χ1v) is 7.07. The van der Waals surface area contributed by atoms with Gasteiger partial charge in [-0.1, -0.05) is 17.7 Å². The summed E-state index contributed by atoms with van der Waals surface area (Å²) in [7, 11) is 1.96. The number of hydrogen-bond donors (Lipinski definition) is 0. The van der Waals surface area contributed by atoms with E-state index in [0.717, 1.165) is 30.7 Å². The zero-order valence-electron chi connectivity index (χ0n) is 10.7. The van der Waals surface area contributed by atoms with E-state index in [-0.39, 0.29) is 0 Å². The van der Waals surface area contributed by atoms with E-state index in [1.165, 1.54) is 11.1 Å². The summed E-state index contributed by atoms with van der Waals surface area (Å²) in [5.41, 5.74) is 2.81. The molecule has 2 aliphatic rings. The molecule has 0 unspecified atom stereocenters. The first-order chi connectivity index (χ1) is 8.65. The van der Waals surface area contributed by atoms with Gasteiger partial charge in [-0.15, -0.1) is 0 Å². The Kier molecular flexibility index (Phi) is 3.06. The molecule has 2 nitrogen and oxygen atoms in total. The van der Waals surface area contributed by atoms with E-state index in [4.69, 9.17) is 11.6 Å². The van der Waals surface area contributed by atoms with Crippen molar-refractivity contribution in [1.82, 2.24) is 4.90 Å². The summed E-state index contributed by atoms with van der Waals surface area (Å²) in [6.45, 7) is 0.